The first-order chi connectivity index (χ1) is 12.7. The lowest BCUT2D eigenvalue weighted by Gasteiger charge is -2.33. The molecule has 0 spiro atoms. The van der Waals surface area contributed by atoms with E-state index in [-0.39, 0.29) is 12.7 Å². The van der Waals surface area contributed by atoms with Crippen LogP contribution in [0.5, 0.6) is 11.5 Å². The number of hydrogen-bond donors (Lipinski definition) is 0. The summed E-state index contributed by atoms with van der Waals surface area (Å²) >= 11 is 1.55. The van der Waals surface area contributed by atoms with Crippen LogP contribution in [0, 0.1) is 0 Å². The van der Waals surface area contributed by atoms with Gasteiger partial charge in [0.05, 0.1) is 11.3 Å². The number of piperidine rings is 1. The summed E-state index contributed by atoms with van der Waals surface area (Å²) in [6, 6.07) is 6.42. The molecule has 3 heterocycles. The van der Waals surface area contributed by atoms with E-state index in [4.69, 9.17) is 14.5 Å². The van der Waals surface area contributed by atoms with Gasteiger partial charge in [0.1, 0.15) is 5.03 Å². The molecule has 2 aromatic rings. The van der Waals surface area contributed by atoms with Gasteiger partial charge < -0.3 is 14.4 Å². The number of thioether (sulfide) groups is 1. The van der Waals surface area contributed by atoms with Gasteiger partial charge in [0.15, 0.2) is 11.5 Å². The highest BCUT2D eigenvalue weighted by Gasteiger charge is 2.23. The van der Waals surface area contributed by atoms with Crippen molar-refractivity contribution in [2.75, 3.05) is 19.1 Å². The lowest BCUT2D eigenvalue weighted by molar-refractivity contribution is -0.131. The van der Waals surface area contributed by atoms with Crippen LogP contribution in [0.4, 0.5) is 0 Å². The quantitative estimate of drug-likeness (QED) is 0.759. The number of fused-ring (bicyclic) bond motifs is 2. The minimum atomic E-state index is 0.219. The zero-order chi connectivity index (χ0) is 18.1. The molecule has 0 N–H and O–H groups in total. The molecular formula is C20H24N2O3S. The van der Waals surface area contributed by atoms with Crippen LogP contribution >= 0.6 is 11.8 Å². The van der Waals surface area contributed by atoms with Crippen molar-refractivity contribution in [3.63, 3.8) is 0 Å². The second-order valence-corrected chi connectivity index (χ2v) is 7.89. The van der Waals surface area contributed by atoms with E-state index in [2.05, 4.69) is 19.9 Å². The standard InChI is InChI=1S/C20H24N2O3S/c1-3-14-8-15-9-17-18(25-12-24-17)10-16(15)21-20(14)26-11-19(23)22-7-5-4-6-13(22)2/h8-10,13H,3-7,11-12H2,1-2H3/t13-/m1/s1. The monoisotopic (exact) mass is 372 g/mol. The van der Waals surface area contributed by atoms with Crippen LogP contribution in [-0.2, 0) is 11.2 Å². The SMILES string of the molecule is CCc1cc2cc3c(cc2nc1SCC(=O)N1CCCC[C@H]1C)OCO3. The average Bonchev–Trinajstić information content (AvgIpc) is 3.11. The Balaban J connectivity index is 1.55. The summed E-state index contributed by atoms with van der Waals surface area (Å²) in [5, 5.41) is 1.99. The molecule has 2 aliphatic rings. The maximum Gasteiger partial charge on any atom is 0.233 e. The van der Waals surface area contributed by atoms with Gasteiger partial charge in [-0.05, 0) is 50.3 Å². The number of amides is 1. The molecular weight excluding hydrogens is 348 g/mol. The molecule has 0 aliphatic carbocycles. The van der Waals surface area contributed by atoms with Gasteiger partial charge in [0.2, 0.25) is 12.7 Å². The molecule has 1 atom stereocenters. The van der Waals surface area contributed by atoms with E-state index < -0.39 is 0 Å². The number of carbonyl (C=O) groups excluding carboxylic acids is 1. The number of likely N-dealkylation sites (tertiary alicyclic amines) is 1. The van der Waals surface area contributed by atoms with Crippen molar-refractivity contribution in [3.8, 4) is 11.5 Å². The maximum atomic E-state index is 12.6. The van der Waals surface area contributed by atoms with E-state index in [9.17, 15) is 4.79 Å². The Kier molecular flexibility index (Phi) is 4.94. The van der Waals surface area contributed by atoms with E-state index in [0.717, 1.165) is 53.2 Å². The van der Waals surface area contributed by atoms with Gasteiger partial charge in [-0.1, -0.05) is 18.7 Å². The van der Waals surface area contributed by atoms with Gasteiger partial charge in [0, 0.05) is 24.0 Å². The lowest BCUT2D eigenvalue weighted by atomic mass is 10.0. The predicted octanol–water partition coefficient (Wildman–Crippen LogP) is 4.02. The van der Waals surface area contributed by atoms with Gasteiger partial charge >= 0.3 is 0 Å². The highest BCUT2D eigenvalue weighted by Crippen LogP contribution is 2.37. The van der Waals surface area contributed by atoms with Crippen LogP contribution < -0.4 is 9.47 Å². The summed E-state index contributed by atoms with van der Waals surface area (Å²) in [5.74, 6) is 2.18. The fourth-order valence-corrected chi connectivity index (χ4v) is 4.63. The van der Waals surface area contributed by atoms with Crippen LogP contribution in [0.3, 0.4) is 0 Å². The first-order valence-electron chi connectivity index (χ1n) is 9.31. The van der Waals surface area contributed by atoms with Crippen molar-refractivity contribution in [2.24, 2.45) is 0 Å². The number of benzene rings is 1. The molecule has 6 heteroatoms. The van der Waals surface area contributed by atoms with Crippen LogP contribution in [0.15, 0.2) is 23.2 Å². The minimum absolute atomic E-state index is 0.219. The van der Waals surface area contributed by atoms with Crippen molar-refractivity contribution in [1.82, 2.24) is 9.88 Å². The molecule has 0 radical (unpaired) electrons. The number of hydrogen-bond acceptors (Lipinski definition) is 5. The normalized spacial score (nSPS) is 19.2. The fourth-order valence-electron chi connectivity index (χ4n) is 3.65. The van der Waals surface area contributed by atoms with Gasteiger partial charge in [-0.15, -0.1) is 0 Å². The van der Waals surface area contributed by atoms with Crippen LogP contribution in [0.25, 0.3) is 10.9 Å². The number of ether oxygens (including phenoxy) is 2. The summed E-state index contributed by atoms with van der Waals surface area (Å²) in [5.41, 5.74) is 2.05. The molecule has 1 fully saturated rings. The summed E-state index contributed by atoms with van der Waals surface area (Å²) in [6.07, 6.45) is 4.33. The number of pyridine rings is 1. The Morgan fingerprint density at radius 1 is 1.27 bits per heavy atom. The minimum Gasteiger partial charge on any atom is -0.454 e. The molecule has 26 heavy (non-hydrogen) atoms. The predicted molar refractivity (Wildman–Crippen MR) is 103 cm³/mol. The Morgan fingerprint density at radius 3 is 2.85 bits per heavy atom. The van der Waals surface area contributed by atoms with Gasteiger partial charge in [-0.3, -0.25) is 4.79 Å². The summed E-state index contributed by atoms with van der Waals surface area (Å²) in [4.78, 5) is 19.5. The molecule has 1 saturated heterocycles. The van der Waals surface area contributed by atoms with Crippen LogP contribution in [-0.4, -0.2) is 40.9 Å². The van der Waals surface area contributed by atoms with Crippen molar-refractivity contribution in [3.05, 3.63) is 23.8 Å². The Morgan fingerprint density at radius 2 is 2.08 bits per heavy atom. The molecule has 2 aliphatic heterocycles. The number of aromatic nitrogens is 1. The number of rotatable bonds is 4. The molecule has 1 amide bonds. The van der Waals surface area contributed by atoms with Crippen molar-refractivity contribution in [2.45, 2.75) is 50.6 Å². The molecule has 1 aromatic heterocycles. The molecule has 0 bridgehead atoms. The second-order valence-electron chi connectivity index (χ2n) is 6.92. The van der Waals surface area contributed by atoms with E-state index in [1.165, 1.54) is 12.0 Å². The highest BCUT2D eigenvalue weighted by molar-refractivity contribution is 7.99. The summed E-state index contributed by atoms with van der Waals surface area (Å²) in [6.45, 7) is 5.41. The molecule has 4 rings (SSSR count). The third kappa shape index (κ3) is 3.34. The third-order valence-corrected chi connectivity index (χ3v) is 6.20. The highest BCUT2D eigenvalue weighted by atomic mass is 32.2. The first kappa shape index (κ1) is 17.5. The van der Waals surface area contributed by atoms with Gasteiger partial charge in [0.25, 0.3) is 0 Å². The number of aryl methyl sites for hydroxylation is 1. The van der Waals surface area contributed by atoms with Crippen molar-refractivity contribution < 1.29 is 14.3 Å². The Hall–Kier alpha value is -1.95. The Bertz CT molecular complexity index is 839. The lowest BCUT2D eigenvalue weighted by Crippen LogP contribution is -2.42. The Labute approximate surface area is 158 Å². The van der Waals surface area contributed by atoms with Gasteiger partial charge in [-0.2, -0.15) is 0 Å². The zero-order valence-electron chi connectivity index (χ0n) is 15.3. The summed E-state index contributed by atoms with van der Waals surface area (Å²) < 4.78 is 10.9. The van der Waals surface area contributed by atoms with Gasteiger partial charge in [-0.25, -0.2) is 4.98 Å². The first-order valence-corrected chi connectivity index (χ1v) is 10.3. The van der Waals surface area contributed by atoms with Crippen molar-refractivity contribution in [1.29, 1.82) is 0 Å². The average molecular weight is 372 g/mol. The van der Waals surface area contributed by atoms with Crippen molar-refractivity contribution >= 4 is 28.6 Å². The van der Waals surface area contributed by atoms with E-state index >= 15 is 0 Å². The van der Waals surface area contributed by atoms with E-state index in [1.807, 2.05) is 17.0 Å². The summed E-state index contributed by atoms with van der Waals surface area (Å²) in [7, 11) is 0. The second kappa shape index (κ2) is 7.35. The van der Waals surface area contributed by atoms with Crippen LogP contribution in [0.1, 0.15) is 38.7 Å². The van der Waals surface area contributed by atoms with E-state index in [0.29, 0.717) is 11.8 Å². The molecule has 0 saturated carbocycles. The number of nitrogens with zero attached hydrogens (tertiary/aromatic N) is 2. The molecule has 138 valence electrons. The smallest absolute Gasteiger partial charge is 0.233 e. The van der Waals surface area contributed by atoms with Crippen LogP contribution in [0.2, 0.25) is 0 Å². The largest absolute Gasteiger partial charge is 0.454 e. The van der Waals surface area contributed by atoms with E-state index in [1.54, 1.807) is 11.8 Å². The molecule has 1 aromatic carbocycles. The third-order valence-electron chi connectivity index (χ3n) is 5.18. The topological polar surface area (TPSA) is 51.7 Å². The zero-order valence-corrected chi connectivity index (χ0v) is 16.1. The molecule has 5 nitrogen and oxygen atoms in total. The number of carbonyl (C=O) groups is 1. The fraction of sp³-hybridized carbons (Fsp3) is 0.500. The maximum absolute atomic E-state index is 12.6. The molecule has 0 unspecified atom stereocenters.